The zero-order valence-electron chi connectivity index (χ0n) is 15.6. The highest BCUT2D eigenvalue weighted by molar-refractivity contribution is 5.93. The maximum Gasteiger partial charge on any atom is 0.269 e. The first-order valence-corrected chi connectivity index (χ1v) is 9.14. The SMILES string of the molecule is COc1ccccc1-c1cc(C(=O)NCCn2ccnc2C2CC2)n(C)n1. The van der Waals surface area contributed by atoms with Crippen molar-refractivity contribution in [1.29, 1.82) is 0 Å². The minimum atomic E-state index is -0.140. The van der Waals surface area contributed by atoms with Crippen LogP contribution in [0.3, 0.4) is 0 Å². The van der Waals surface area contributed by atoms with Crippen LogP contribution in [0.5, 0.6) is 5.75 Å². The summed E-state index contributed by atoms with van der Waals surface area (Å²) in [6, 6.07) is 9.44. The van der Waals surface area contributed by atoms with E-state index >= 15 is 0 Å². The minimum absolute atomic E-state index is 0.140. The van der Waals surface area contributed by atoms with E-state index in [1.807, 2.05) is 36.7 Å². The van der Waals surface area contributed by atoms with E-state index in [0.717, 1.165) is 23.7 Å². The lowest BCUT2D eigenvalue weighted by Gasteiger charge is -2.08. The topological polar surface area (TPSA) is 74.0 Å². The van der Waals surface area contributed by atoms with Gasteiger partial charge in [0.05, 0.1) is 12.8 Å². The molecule has 0 saturated heterocycles. The number of carbonyl (C=O) groups is 1. The Morgan fingerprint density at radius 1 is 1.33 bits per heavy atom. The fourth-order valence-electron chi connectivity index (χ4n) is 3.26. The lowest BCUT2D eigenvalue weighted by Crippen LogP contribution is -2.29. The Hall–Kier alpha value is -3.09. The molecular formula is C20H23N5O2. The molecule has 1 aliphatic carbocycles. The van der Waals surface area contributed by atoms with Gasteiger partial charge in [0, 0.05) is 44.0 Å². The Morgan fingerprint density at radius 2 is 2.15 bits per heavy atom. The molecule has 0 spiro atoms. The number of imidazole rings is 1. The fraction of sp³-hybridized carbons (Fsp3) is 0.350. The standard InChI is InChI=1S/C20H23N5O2/c1-24-17(13-16(23-24)15-5-3-4-6-18(15)27-2)20(26)22-10-12-25-11-9-21-19(25)14-7-8-14/h3-6,9,11,13-14H,7-8,10,12H2,1-2H3,(H,22,26). The quantitative estimate of drug-likeness (QED) is 0.698. The van der Waals surface area contributed by atoms with Crippen molar-refractivity contribution in [3.05, 3.63) is 54.2 Å². The first kappa shape index (κ1) is 17.3. The van der Waals surface area contributed by atoms with Crippen molar-refractivity contribution in [2.75, 3.05) is 13.7 Å². The Morgan fingerprint density at radius 3 is 2.93 bits per heavy atom. The van der Waals surface area contributed by atoms with Gasteiger partial charge in [-0.05, 0) is 31.0 Å². The monoisotopic (exact) mass is 365 g/mol. The van der Waals surface area contributed by atoms with Gasteiger partial charge in [-0.15, -0.1) is 0 Å². The molecule has 7 heteroatoms. The average molecular weight is 365 g/mol. The highest BCUT2D eigenvalue weighted by Gasteiger charge is 2.27. The third kappa shape index (κ3) is 3.58. The summed E-state index contributed by atoms with van der Waals surface area (Å²) in [7, 11) is 3.40. The van der Waals surface area contributed by atoms with E-state index in [-0.39, 0.29) is 5.91 Å². The van der Waals surface area contributed by atoms with Gasteiger partial charge in [0.15, 0.2) is 0 Å². The Labute approximate surface area is 158 Å². The van der Waals surface area contributed by atoms with E-state index in [0.29, 0.717) is 23.9 Å². The van der Waals surface area contributed by atoms with Crippen molar-refractivity contribution in [2.45, 2.75) is 25.3 Å². The maximum absolute atomic E-state index is 12.6. The van der Waals surface area contributed by atoms with Crippen LogP contribution in [0.1, 0.15) is 35.1 Å². The second-order valence-corrected chi connectivity index (χ2v) is 6.75. The van der Waals surface area contributed by atoms with Gasteiger partial charge in [-0.2, -0.15) is 5.10 Å². The number of nitrogens with zero attached hydrogens (tertiary/aromatic N) is 4. The van der Waals surface area contributed by atoms with Crippen molar-refractivity contribution in [3.63, 3.8) is 0 Å². The Balaban J connectivity index is 1.43. The maximum atomic E-state index is 12.6. The van der Waals surface area contributed by atoms with Crippen LogP contribution in [0.2, 0.25) is 0 Å². The number of ether oxygens (including phenoxy) is 1. The number of carbonyl (C=O) groups excluding carboxylic acids is 1. The van der Waals surface area contributed by atoms with Gasteiger partial charge in [0.25, 0.3) is 5.91 Å². The third-order valence-electron chi connectivity index (χ3n) is 4.82. The largest absolute Gasteiger partial charge is 0.496 e. The molecule has 3 aromatic rings. The van der Waals surface area contributed by atoms with Gasteiger partial charge in [0.2, 0.25) is 0 Å². The van der Waals surface area contributed by atoms with E-state index in [2.05, 4.69) is 20.0 Å². The summed E-state index contributed by atoms with van der Waals surface area (Å²) in [5.74, 6) is 2.31. The van der Waals surface area contributed by atoms with Gasteiger partial charge in [-0.1, -0.05) is 12.1 Å². The summed E-state index contributed by atoms with van der Waals surface area (Å²) in [5.41, 5.74) is 2.09. The van der Waals surface area contributed by atoms with E-state index in [1.54, 1.807) is 24.9 Å². The highest BCUT2D eigenvalue weighted by atomic mass is 16.5. The van der Waals surface area contributed by atoms with Crippen LogP contribution in [0.25, 0.3) is 11.3 Å². The van der Waals surface area contributed by atoms with Gasteiger partial charge >= 0.3 is 0 Å². The minimum Gasteiger partial charge on any atom is -0.496 e. The number of methoxy groups -OCH3 is 1. The lowest BCUT2D eigenvalue weighted by atomic mass is 10.1. The molecule has 140 valence electrons. The number of aromatic nitrogens is 4. The van der Waals surface area contributed by atoms with Crippen LogP contribution in [-0.4, -0.2) is 38.9 Å². The normalized spacial score (nSPS) is 13.6. The summed E-state index contributed by atoms with van der Waals surface area (Å²) in [4.78, 5) is 17.0. The molecule has 2 aromatic heterocycles. The molecule has 0 aliphatic heterocycles. The van der Waals surface area contributed by atoms with Crippen molar-refractivity contribution < 1.29 is 9.53 Å². The number of benzene rings is 1. The number of hydrogen-bond donors (Lipinski definition) is 1. The fourth-order valence-corrected chi connectivity index (χ4v) is 3.26. The van der Waals surface area contributed by atoms with Gasteiger partial charge in [-0.25, -0.2) is 4.98 Å². The summed E-state index contributed by atoms with van der Waals surface area (Å²) in [6.07, 6.45) is 6.23. The van der Waals surface area contributed by atoms with Crippen molar-refractivity contribution >= 4 is 5.91 Å². The molecular weight excluding hydrogens is 342 g/mol. The number of hydrogen-bond acceptors (Lipinski definition) is 4. The molecule has 1 amide bonds. The molecule has 4 rings (SSSR count). The van der Waals surface area contributed by atoms with Gasteiger partial charge in [-0.3, -0.25) is 9.48 Å². The van der Waals surface area contributed by atoms with Crippen LogP contribution in [-0.2, 0) is 13.6 Å². The summed E-state index contributed by atoms with van der Waals surface area (Å²) in [5, 5.41) is 7.45. The molecule has 1 saturated carbocycles. The molecule has 1 N–H and O–H groups in total. The van der Waals surface area contributed by atoms with Crippen LogP contribution < -0.4 is 10.1 Å². The zero-order chi connectivity index (χ0) is 18.8. The van der Waals surface area contributed by atoms with E-state index in [1.165, 1.54) is 12.8 Å². The lowest BCUT2D eigenvalue weighted by molar-refractivity contribution is 0.0943. The summed E-state index contributed by atoms with van der Waals surface area (Å²) < 4.78 is 9.12. The van der Waals surface area contributed by atoms with Crippen LogP contribution in [0.4, 0.5) is 0 Å². The second-order valence-electron chi connectivity index (χ2n) is 6.75. The van der Waals surface area contributed by atoms with Gasteiger partial charge in [0.1, 0.15) is 17.3 Å². The summed E-state index contributed by atoms with van der Waals surface area (Å²) >= 11 is 0. The predicted molar refractivity (Wildman–Crippen MR) is 102 cm³/mol. The van der Waals surface area contributed by atoms with Crippen molar-refractivity contribution in [1.82, 2.24) is 24.6 Å². The molecule has 0 atom stereocenters. The van der Waals surface area contributed by atoms with Crippen molar-refractivity contribution in [3.8, 4) is 17.0 Å². The molecule has 0 unspecified atom stereocenters. The second kappa shape index (κ2) is 7.26. The molecule has 7 nitrogen and oxygen atoms in total. The van der Waals surface area contributed by atoms with E-state index < -0.39 is 0 Å². The molecule has 1 aliphatic rings. The first-order valence-electron chi connectivity index (χ1n) is 9.14. The smallest absolute Gasteiger partial charge is 0.269 e. The number of nitrogens with one attached hydrogen (secondary N) is 1. The molecule has 27 heavy (non-hydrogen) atoms. The first-order chi connectivity index (χ1) is 13.2. The number of para-hydroxylation sites is 1. The van der Waals surface area contributed by atoms with Crippen molar-refractivity contribution in [2.24, 2.45) is 7.05 Å². The van der Waals surface area contributed by atoms with E-state index in [4.69, 9.17) is 4.74 Å². The Bertz CT molecular complexity index is 955. The summed E-state index contributed by atoms with van der Waals surface area (Å²) in [6.45, 7) is 1.26. The predicted octanol–water partition coefficient (Wildman–Crippen LogP) is 2.60. The molecule has 1 fully saturated rings. The van der Waals surface area contributed by atoms with E-state index in [9.17, 15) is 4.79 Å². The average Bonchev–Trinajstić information content (AvgIpc) is 3.29. The van der Waals surface area contributed by atoms with Crippen LogP contribution >= 0.6 is 0 Å². The van der Waals surface area contributed by atoms with Gasteiger partial charge < -0.3 is 14.6 Å². The number of rotatable bonds is 7. The van der Waals surface area contributed by atoms with Crippen LogP contribution in [0.15, 0.2) is 42.7 Å². The van der Waals surface area contributed by atoms with Crippen LogP contribution in [0, 0.1) is 0 Å². The molecule has 1 aromatic carbocycles. The number of amides is 1. The highest BCUT2D eigenvalue weighted by Crippen LogP contribution is 2.38. The zero-order valence-corrected chi connectivity index (χ0v) is 15.6. The number of aryl methyl sites for hydroxylation is 1. The molecule has 2 heterocycles. The Kier molecular flexibility index (Phi) is 4.66. The molecule has 0 bridgehead atoms. The third-order valence-corrected chi connectivity index (χ3v) is 4.82. The molecule has 0 radical (unpaired) electrons.